The zero-order valence-corrected chi connectivity index (χ0v) is 13.5. The summed E-state index contributed by atoms with van der Waals surface area (Å²) in [6, 6.07) is 0. The highest BCUT2D eigenvalue weighted by Gasteiger charge is 2.40. The van der Waals surface area contributed by atoms with Crippen LogP contribution in [0.3, 0.4) is 0 Å². The highest BCUT2D eigenvalue weighted by molar-refractivity contribution is 7.55. The van der Waals surface area contributed by atoms with Crippen LogP contribution in [0.5, 0.6) is 0 Å². The van der Waals surface area contributed by atoms with E-state index in [4.69, 9.17) is 21.2 Å². The number of halogens is 3. The molecule has 5 atom stereocenters. The first-order chi connectivity index (χ1) is 10.6. The van der Waals surface area contributed by atoms with Crippen molar-refractivity contribution in [2.24, 2.45) is 0 Å². The van der Waals surface area contributed by atoms with Crippen LogP contribution in [0.15, 0.2) is 15.8 Å². The molecule has 1 aliphatic heterocycles. The van der Waals surface area contributed by atoms with Gasteiger partial charge in [0.25, 0.3) is 10.9 Å². The van der Waals surface area contributed by atoms with Crippen molar-refractivity contribution in [2.45, 2.75) is 37.2 Å². The Kier molecular flexibility index (Phi) is 5.42. The fourth-order valence-corrected chi connectivity index (χ4v) is 2.69. The maximum Gasteiger partial charge on any atom is 0.377 e. The van der Waals surface area contributed by atoms with Crippen LogP contribution < -0.4 is 11.2 Å². The van der Waals surface area contributed by atoms with Crippen molar-refractivity contribution >= 4 is 19.2 Å². The second-order valence-electron chi connectivity index (χ2n) is 5.00. The minimum Gasteiger partial charge on any atom is -0.349 e. The SMILES string of the molecule is Cc1cn([C@H]2C[C@H](F)[C@@H](COP(=O)(O)C(F)Cl)O2)c(=O)[nH]c1=O. The van der Waals surface area contributed by atoms with Gasteiger partial charge < -0.3 is 14.2 Å². The first-order valence-electron chi connectivity index (χ1n) is 6.48. The van der Waals surface area contributed by atoms with Crippen molar-refractivity contribution in [1.29, 1.82) is 0 Å². The Morgan fingerprint density at radius 3 is 2.91 bits per heavy atom. The largest absolute Gasteiger partial charge is 0.377 e. The van der Waals surface area contributed by atoms with Crippen LogP contribution in [0.25, 0.3) is 0 Å². The van der Waals surface area contributed by atoms with Gasteiger partial charge in [-0.3, -0.25) is 18.9 Å². The van der Waals surface area contributed by atoms with Crippen molar-refractivity contribution in [3.63, 3.8) is 0 Å². The summed E-state index contributed by atoms with van der Waals surface area (Å²) in [6.45, 7) is 0.747. The van der Waals surface area contributed by atoms with E-state index in [2.05, 4.69) is 9.51 Å². The summed E-state index contributed by atoms with van der Waals surface area (Å²) in [6.07, 6.45) is -2.95. The van der Waals surface area contributed by atoms with Gasteiger partial charge in [0.15, 0.2) is 0 Å². The van der Waals surface area contributed by atoms with Crippen LogP contribution in [0.4, 0.5) is 8.78 Å². The molecule has 1 fully saturated rings. The van der Waals surface area contributed by atoms with E-state index in [1.54, 1.807) is 0 Å². The standard InChI is InChI=1S/C11H14ClF2N2O6P/c1-5-3-16(11(18)15-9(5)17)8-2-6(13)7(22-8)4-21-23(19,20)10(12)14/h3,6-8,10H,2,4H2,1H3,(H,19,20)(H,15,17,18)/t6-,7+,8+,10?/m0/s1. The lowest BCUT2D eigenvalue weighted by molar-refractivity contribution is -0.0327. The number of nitrogens with zero attached hydrogens (tertiary/aromatic N) is 1. The van der Waals surface area contributed by atoms with E-state index in [1.165, 1.54) is 13.1 Å². The number of H-pyrrole nitrogens is 1. The molecule has 2 unspecified atom stereocenters. The third-order valence-electron chi connectivity index (χ3n) is 3.29. The molecule has 0 bridgehead atoms. The number of aromatic amines is 1. The number of rotatable bonds is 5. The topological polar surface area (TPSA) is 111 Å². The molecule has 1 aliphatic rings. The number of nitrogens with one attached hydrogen (secondary N) is 1. The quantitative estimate of drug-likeness (QED) is 0.591. The molecule has 23 heavy (non-hydrogen) atoms. The molecule has 12 heteroatoms. The summed E-state index contributed by atoms with van der Waals surface area (Å²) >= 11 is 4.85. The average Bonchev–Trinajstić information content (AvgIpc) is 2.81. The Bertz CT molecular complexity index is 738. The molecule has 0 amide bonds. The number of aromatic nitrogens is 2. The van der Waals surface area contributed by atoms with Crippen LogP contribution in [0.2, 0.25) is 0 Å². The first kappa shape index (κ1) is 18.3. The van der Waals surface area contributed by atoms with Gasteiger partial charge >= 0.3 is 13.3 Å². The predicted molar refractivity (Wildman–Crippen MR) is 76.0 cm³/mol. The molecule has 1 saturated heterocycles. The minimum absolute atomic E-state index is 0.227. The smallest absolute Gasteiger partial charge is 0.349 e. The number of alkyl halides is 3. The molecule has 130 valence electrons. The van der Waals surface area contributed by atoms with E-state index >= 15 is 0 Å². The monoisotopic (exact) mass is 374 g/mol. The summed E-state index contributed by atoms with van der Waals surface area (Å²) in [4.78, 5) is 34.2. The van der Waals surface area contributed by atoms with Crippen LogP contribution in [-0.2, 0) is 13.8 Å². The lowest BCUT2D eigenvalue weighted by Crippen LogP contribution is -2.33. The maximum atomic E-state index is 13.9. The zero-order chi connectivity index (χ0) is 17.4. The van der Waals surface area contributed by atoms with E-state index in [0.717, 1.165) is 4.57 Å². The molecular formula is C11H14ClF2N2O6P. The molecule has 0 spiro atoms. The predicted octanol–water partition coefficient (Wildman–Crippen LogP) is 1.16. The third-order valence-corrected chi connectivity index (χ3v) is 5.04. The third kappa shape index (κ3) is 4.07. The summed E-state index contributed by atoms with van der Waals surface area (Å²) in [5.41, 5.74) is -1.12. The van der Waals surface area contributed by atoms with Gasteiger partial charge in [0.2, 0.25) is 0 Å². The highest BCUT2D eigenvalue weighted by atomic mass is 35.5. The normalized spacial score (nSPS) is 28.5. The first-order valence-corrected chi connectivity index (χ1v) is 8.57. The molecule has 1 aromatic rings. The highest BCUT2D eigenvalue weighted by Crippen LogP contribution is 2.50. The minimum atomic E-state index is -4.72. The van der Waals surface area contributed by atoms with E-state index < -0.39 is 49.3 Å². The zero-order valence-electron chi connectivity index (χ0n) is 11.8. The summed E-state index contributed by atoms with van der Waals surface area (Å²) in [7, 11) is -4.72. The van der Waals surface area contributed by atoms with Gasteiger partial charge in [-0.05, 0) is 6.92 Å². The molecule has 0 radical (unpaired) electrons. The van der Waals surface area contributed by atoms with Crippen LogP contribution >= 0.6 is 19.2 Å². The van der Waals surface area contributed by atoms with Crippen molar-refractivity contribution < 1.29 is 27.5 Å². The van der Waals surface area contributed by atoms with E-state index in [1.807, 2.05) is 0 Å². The second-order valence-corrected chi connectivity index (χ2v) is 7.52. The maximum absolute atomic E-state index is 13.9. The molecule has 0 aliphatic carbocycles. The van der Waals surface area contributed by atoms with E-state index in [-0.39, 0.29) is 12.0 Å². The number of ether oxygens (including phenoxy) is 1. The van der Waals surface area contributed by atoms with Gasteiger partial charge in [-0.15, -0.1) is 0 Å². The van der Waals surface area contributed by atoms with Crippen molar-refractivity contribution in [3.05, 3.63) is 32.6 Å². The summed E-state index contributed by atoms with van der Waals surface area (Å²) in [5, 5.41) is -2.64. The Hall–Kier alpha value is -1.06. The van der Waals surface area contributed by atoms with Crippen molar-refractivity contribution in [1.82, 2.24) is 9.55 Å². The van der Waals surface area contributed by atoms with Crippen LogP contribution in [-0.4, -0.2) is 38.7 Å². The van der Waals surface area contributed by atoms with Gasteiger partial charge in [-0.25, -0.2) is 13.6 Å². The molecule has 0 aromatic carbocycles. The summed E-state index contributed by atoms with van der Waals surface area (Å²) in [5.74, 6) is 0. The second kappa shape index (κ2) is 6.82. The van der Waals surface area contributed by atoms with E-state index in [0.29, 0.717) is 0 Å². The van der Waals surface area contributed by atoms with Crippen LogP contribution in [0.1, 0.15) is 18.2 Å². The van der Waals surface area contributed by atoms with Gasteiger partial charge in [-0.1, -0.05) is 11.6 Å². The van der Waals surface area contributed by atoms with Crippen molar-refractivity contribution in [2.75, 3.05) is 6.61 Å². The van der Waals surface area contributed by atoms with Crippen molar-refractivity contribution in [3.8, 4) is 0 Å². The Morgan fingerprint density at radius 1 is 1.65 bits per heavy atom. The molecule has 8 nitrogen and oxygen atoms in total. The Labute approximate surface area is 133 Å². The Balaban J connectivity index is 2.10. The fraction of sp³-hybridized carbons (Fsp3) is 0.636. The van der Waals surface area contributed by atoms with Gasteiger partial charge in [-0.2, -0.15) is 0 Å². The number of hydrogen-bond donors (Lipinski definition) is 2. The van der Waals surface area contributed by atoms with Gasteiger partial charge in [0, 0.05) is 18.2 Å². The molecule has 2 N–H and O–H groups in total. The molecule has 0 saturated carbocycles. The lowest BCUT2D eigenvalue weighted by Gasteiger charge is -2.18. The fourth-order valence-electron chi connectivity index (χ4n) is 2.05. The number of aryl methyl sites for hydroxylation is 1. The molecular weight excluding hydrogens is 361 g/mol. The average molecular weight is 375 g/mol. The molecule has 2 heterocycles. The lowest BCUT2D eigenvalue weighted by atomic mass is 10.2. The van der Waals surface area contributed by atoms with E-state index in [9.17, 15) is 22.9 Å². The van der Waals surface area contributed by atoms with Gasteiger partial charge in [0.1, 0.15) is 18.5 Å². The van der Waals surface area contributed by atoms with Crippen LogP contribution in [0, 0.1) is 6.92 Å². The summed E-state index contributed by atoms with van der Waals surface area (Å²) < 4.78 is 48.4. The Morgan fingerprint density at radius 2 is 2.30 bits per heavy atom. The molecule has 2 rings (SSSR count). The number of hydrogen-bond acceptors (Lipinski definition) is 5. The van der Waals surface area contributed by atoms with Gasteiger partial charge in [0.05, 0.1) is 6.61 Å². The molecule has 1 aromatic heterocycles.